The third-order valence-electron chi connectivity index (χ3n) is 2.67. The summed E-state index contributed by atoms with van der Waals surface area (Å²) in [5.41, 5.74) is 3.03. The van der Waals surface area contributed by atoms with E-state index in [-0.39, 0.29) is 23.9 Å². The molecule has 0 unspecified atom stereocenters. The van der Waals surface area contributed by atoms with Crippen molar-refractivity contribution in [2.45, 2.75) is 26.7 Å². The maximum absolute atomic E-state index is 11.6. The zero-order chi connectivity index (χ0) is 15.1. The van der Waals surface area contributed by atoms with Crippen LogP contribution < -0.4 is 10.6 Å². The second kappa shape index (κ2) is 7.59. The summed E-state index contributed by atoms with van der Waals surface area (Å²) in [4.78, 5) is 22.5. The van der Waals surface area contributed by atoms with Gasteiger partial charge in [-0.15, -0.1) is 0 Å². The van der Waals surface area contributed by atoms with Crippen LogP contribution >= 0.6 is 12.2 Å². The molecule has 20 heavy (non-hydrogen) atoms. The van der Waals surface area contributed by atoms with E-state index in [2.05, 4.69) is 15.4 Å². The van der Waals surface area contributed by atoms with Crippen molar-refractivity contribution in [2.75, 3.05) is 12.4 Å². The molecule has 0 radical (unpaired) electrons. The van der Waals surface area contributed by atoms with E-state index >= 15 is 0 Å². The fourth-order valence-corrected chi connectivity index (χ4v) is 1.84. The molecule has 1 rings (SSSR count). The number of aryl methyl sites for hydroxylation is 2. The normalized spacial score (nSPS) is 9.75. The zero-order valence-corrected chi connectivity index (χ0v) is 12.6. The Morgan fingerprint density at radius 1 is 1.25 bits per heavy atom. The molecule has 0 heterocycles. The molecule has 0 aliphatic carbocycles. The summed E-state index contributed by atoms with van der Waals surface area (Å²) < 4.78 is 4.46. The molecule has 2 N–H and O–H groups in total. The molecule has 1 amide bonds. The molecule has 0 saturated heterocycles. The number of ether oxygens (including phenoxy) is 1. The van der Waals surface area contributed by atoms with Gasteiger partial charge in [-0.05, 0) is 37.7 Å². The third kappa shape index (κ3) is 5.36. The lowest BCUT2D eigenvalue weighted by Gasteiger charge is -2.12. The lowest BCUT2D eigenvalue weighted by molar-refractivity contribution is -0.142. The molecule has 0 aliphatic rings. The van der Waals surface area contributed by atoms with Crippen molar-refractivity contribution >= 4 is 34.9 Å². The summed E-state index contributed by atoms with van der Waals surface area (Å²) in [6, 6.07) is 5.87. The molecule has 0 saturated carbocycles. The number of benzene rings is 1. The Morgan fingerprint density at radius 3 is 2.55 bits per heavy atom. The quantitative estimate of drug-likeness (QED) is 0.657. The van der Waals surface area contributed by atoms with Gasteiger partial charge in [-0.25, -0.2) is 0 Å². The lowest BCUT2D eigenvalue weighted by Crippen LogP contribution is -2.34. The first-order valence-electron chi connectivity index (χ1n) is 6.17. The van der Waals surface area contributed by atoms with Gasteiger partial charge in [0.1, 0.15) is 0 Å². The first-order valence-corrected chi connectivity index (χ1v) is 6.58. The highest BCUT2D eigenvalue weighted by molar-refractivity contribution is 7.80. The Balaban J connectivity index is 2.47. The third-order valence-corrected chi connectivity index (χ3v) is 2.87. The maximum atomic E-state index is 11.6. The van der Waals surface area contributed by atoms with Crippen molar-refractivity contribution in [2.24, 2.45) is 0 Å². The number of carbonyl (C=O) groups excluding carboxylic acids is 2. The average Bonchev–Trinajstić information content (AvgIpc) is 2.39. The van der Waals surface area contributed by atoms with Gasteiger partial charge in [0.2, 0.25) is 5.91 Å². The van der Waals surface area contributed by atoms with Gasteiger partial charge in [0.15, 0.2) is 5.11 Å². The highest BCUT2D eigenvalue weighted by atomic mass is 32.1. The highest BCUT2D eigenvalue weighted by Crippen LogP contribution is 2.15. The van der Waals surface area contributed by atoms with Crippen LogP contribution in [0.1, 0.15) is 24.0 Å². The lowest BCUT2D eigenvalue weighted by atomic mass is 10.1. The van der Waals surface area contributed by atoms with Crippen LogP contribution in [0.5, 0.6) is 0 Å². The van der Waals surface area contributed by atoms with Crippen LogP contribution in [0.4, 0.5) is 5.69 Å². The molecular formula is C14H18N2O3S. The minimum absolute atomic E-state index is 0.0362. The minimum atomic E-state index is -0.423. The first-order chi connectivity index (χ1) is 9.42. The van der Waals surface area contributed by atoms with Gasteiger partial charge in [-0.3, -0.25) is 9.59 Å². The summed E-state index contributed by atoms with van der Waals surface area (Å²) in [7, 11) is 1.28. The molecule has 0 aromatic heterocycles. The number of anilines is 1. The smallest absolute Gasteiger partial charge is 0.306 e. The Bertz CT molecular complexity index is 529. The Morgan fingerprint density at radius 2 is 1.95 bits per heavy atom. The van der Waals surface area contributed by atoms with E-state index in [4.69, 9.17) is 12.2 Å². The summed E-state index contributed by atoms with van der Waals surface area (Å²) in [5.74, 6) is -0.744. The fraction of sp³-hybridized carbons (Fsp3) is 0.357. The molecule has 6 heteroatoms. The number of amides is 1. The van der Waals surface area contributed by atoms with E-state index in [1.165, 1.54) is 7.11 Å². The Kier molecular flexibility index (Phi) is 6.11. The topological polar surface area (TPSA) is 67.4 Å². The molecule has 1 aromatic carbocycles. The van der Waals surface area contributed by atoms with E-state index < -0.39 is 5.97 Å². The number of hydrogen-bond donors (Lipinski definition) is 2. The monoisotopic (exact) mass is 294 g/mol. The largest absolute Gasteiger partial charge is 0.469 e. The number of nitrogens with one attached hydrogen (secondary N) is 2. The van der Waals surface area contributed by atoms with Crippen LogP contribution in [0, 0.1) is 13.8 Å². The Hall–Kier alpha value is -1.95. The van der Waals surface area contributed by atoms with Crippen LogP contribution in [-0.2, 0) is 14.3 Å². The van der Waals surface area contributed by atoms with E-state index in [9.17, 15) is 9.59 Å². The number of carbonyl (C=O) groups is 2. The second-order valence-electron chi connectivity index (χ2n) is 4.40. The molecule has 0 bridgehead atoms. The van der Waals surface area contributed by atoms with Crippen molar-refractivity contribution in [1.82, 2.24) is 5.32 Å². The van der Waals surface area contributed by atoms with E-state index in [1.54, 1.807) is 0 Å². The van der Waals surface area contributed by atoms with Crippen molar-refractivity contribution in [3.8, 4) is 0 Å². The van der Waals surface area contributed by atoms with Crippen LogP contribution in [0.15, 0.2) is 18.2 Å². The minimum Gasteiger partial charge on any atom is -0.469 e. The molecule has 0 atom stereocenters. The summed E-state index contributed by atoms with van der Waals surface area (Å²) in [6.07, 6.45) is 0.0792. The predicted octanol–water partition coefficient (Wildman–Crippen LogP) is 2.07. The molecule has 0 aliphatic heterocycles. The Labute approximate surface area is 123 Å². The van der Waals surface area contributed by atoms with Gasteiger partial charge in [0.05, 0.1) is 13.5 Å². The highest BCUT2D eigenvalue weighted by Gasteiger charge is 2.09. The van der Waals surface area contributed by atoms with Crippen LogP contribution in [0.25, 0.3) is 0 Å². The number of hydrogen-bond acceptors (Lipinski definition) is 4. The van der Waals surface area contributed by atoms with Crippen molar-refractivity contribution in [3.05, 3.63) is 29.3 Å². The average molecular weight is 294 g/mol. The molecule has 0 spiro atoms. The van der Waals surface area contributed by atoms with E-state index in [1.807, 2.05) is 32.0 Å². The van der Waals surface area contributed by atoms with Crippen LogP contribution in [-0.4, -0.2) is 24.1 Å². The number of esters is 1. The maximum Gasteiger partial charge on any atom is 0.306 e. The second-order valence-corrected chi connectivity index (χ2v) is 4.81. The molecule has 0 fully saturated rings. The van der Waals surface area contributed by atoms with Crippen LogP contribution in [0.3, 0.4) is 0 Å². The summed E-state index contributed by atoms with van der Waals surface area (Å²) in [5, 5.41) is 5.69. The van der Waals surface area contributed by atoms with Gasteiger partial charge >= 0.3 is 5.97 Å². The van der Waals surface area contributed by atoms with Gasteiger partial charge in [-0.2, -0.15) is 0 Å². The molecular weight excluding hydrogens is 276 g/mol. The van der Waals surface area contributed by atoms with Crippen molar-refractivity contribution in [3.63, 3.8) is 0 Å². The SMILES string of the molecule is COC(=O)CCC(=O)NC(=S)Nc1ccc(C)cc1C. The fourth-order valence-electron chi connectivity index (χ4n) is 1.61. The van der Waals surface area contributed by atoms with Crippen molar-refractivity contribution < 1.29 is 14.3 Å². The summed E-state index contributed by atoms with van der Waals surface area (Å²) in [6.45, 7) is 3.96. The van der Waals surface area contributed by atoms with Gasteiger partial charge in [0, 0.05) is 12.1 Å². The standard InChI is InChI=1S/C14H18N2O3S/c1-9-4-5-11(10(2)8-9)15-14(20)16-12(17)6-7-13(18)19-3/h4-5,8H,6-7H2,1-3H3,(H2,15,16,17,20). The van der Waals surface area contributed by atoms with E-state index in [0.29, 0.717) is 0 Å². The predicted molar refractivity (Wildman–Crippen MR) is 81.5 cm³/mol. The molecule has 1 aromatic rings. The number of rotatable bonds is 4. The summed E-state index contributed by atoms with van der Waals surface area (Å²) >= 11 is 5.05. The van der Waals surface area contributed by atoms with Crippen LogP contribution in [0.2, 0.25) is 0 Å². The number of methoxy groups -OCH3 is 1. The molecule has 108 valence electrons. The van der Waals surface area contributed by atoms with Crippen molar-refractivity contribution in [1.29, 1.82) is 0 Å². The zero-order valence-electron chi connectivity index (χ0n) is 11.8. The molecule has 5 nitrogen and oxygen atoms in total. The van der Waals surface area contributed by atoms with Gasteiger partial charge in [-0.1, -0.05) is 17.7 Å². The number of thiocarbonyl (C=S) groups is 1. The van der Waals surface area contributed by atoms with E-state index in [0.717, 1.165) is 16.8 Å². The van der Waals surface area contributed by atoms with Gasteiger partial charge < -0.3 is 15.4 Å². The first kappa shape index (κ1) is 16.1. The van der Waals surface area contributed by atoms with Gasteiger partial charge in [0.25, 0.3) is 0 Å².